The quantitative estimate of drug-likeness (QED) is 0.777. The summed E-state index contributed by atoms with van der Waals surface area (Å²) >= 11 is 5.50. The second kappa shape index (κ2) is 7.04. The van der Waals surface area contributed by atoms with Gasteiger partial charge in [0.05, 0.1) is 6.10 Å². The molecule has 1 rings (SSSR count). The molecule has 0 spiro atoms. The summed E-state index contributed by atoms with van der Waals surface area (Å²) in [5, 5.41) is 13.9. The minimum atomic E-state index is -0.946. The molecule has 0 saturated heterocycles. The van der Waals surface area contributed by atoms with Crippen LogP contribution in [0.4, 0.5) is 19.3 Å². The first-order valence-corrected chi connectivity index (χ1v) is 6.86. The lowest BCUT2D eigenvalue weighted by molar-refractivity contribution is 0.129. The van der Waals surface area contributed by atoms with Gasteiger partial charge < -0.3 is 15.7 Å². The van der Waals surface area contributed by atoms with Crippen LogP contribution < -0.4 is 10.6 Å². The molecule has 0 aliphatic carbocycles. The first-order valence-electron chi connectivity index (χ1n) is 6.48. The molecule has 2 amide bonds. The number of carbonyl (C=O) groups is 1. The van der Waals surface area contributed by atoms with E-state index >= 15 is 0 Å². The molecule has 1 unspecified atom stereocenters. The van der Waals surface area contributed by atoms with Gasteiger partial charge >= 0.3 is 6.03 Å². The van der Waals surface area contributed by atoms with Crippen LogP contribution in [0.2, 0.25) is 5.02 Å². The maximum atomic E-state index is 13.5. The Kier molecular flexibility index (Phi) is 5.92. The van der Waals surface area contributed by atoms with E-state index in [1.165, 1.54) is 0 Å². The van der Waals surface area contributed by atoms with E-state index in [4.69, 9.17) is 11.6 Å². The standard InChI is InChI=1S/C14H19ClF2N2O2/c1-8(20)6-14(2,3)7-18-13(21)19-12-10(16)4-9(15)5-11(12)17/h4-5,8,20H,6-7H2,1-3H3,(H2,18,19,21). The first kappa shape index (κ1) is 17.7. The van der Waals surface area contributed by atoms with Crippen LogP contribution in [0.5, 0.6) is 0 Å². The zero-order valence-electron chi connectivity index (χ0n) is 12.1. The molecule has 1 aromatic carbocycles. The van der Waals surface area contributed by atoms with Gasteiger partial charge in [-0.3, -0.25) is 0 Å². The van der Waals surface area contributed by atoms with E-state index in [9.17, 15) is 18.7 Å². The Morgan fingerprint density at radius 1 is 1.38 bits per heavy atom. The number of hydrogen-bond acceptors (Lipinski definition) is 2. The van der Waals surface area contributed by atoms with Crippen molar-refractivity contribution < 1.29 is 18.7 Å². The van der Waals surface area contributed by atoms with E-state index in [1.807, 2.05) is 13.8 Å². The van der Waals surface area contributed by atoms with Crippen molar-refractivity contribution in [3.8, 4) is 0 Å². The van der Waals surface area contributed by atoms with Crippen LogP contribution in [0.15, 0.2) is 12.1 Å². The number of aliphatic hydroxyl groups is 1. The zero-order chi connectivity index (χ0) is 16.2. The highest BCUT2D eigenvalue weighted by Gasteiger charge is 2.21. The van der Waals surface area contributed by atoms with Gasteiger partial charge in [-0.2, -0.15) is 0 Å². The highest BCUT2D eigenvalue weighted by atomic mass is 35.5. The van der Waals surface area contributed by atoms with E-state index in [-0.39, 0.29) is 17.0 Å². The molecule has 0 heterocycles. The Balaban J connectivity index is 2.63. The second-order valence-corrected chi connectivity index (χ2v) is 6.21. The van der Waals surface area contributed by atoms with E-state index in [0.29, 0.717) is 6.42 Å². The summed E-state index contributed by atoms with van der Waals surface area (Å²) in [5.74, 6) is -1.89. The van der Waals surface area contributed by atoms with Crippen molar-refractivity contribution in [3.63, 3.8) is 0 Å². The molecule has 118 valence electrons. The summed E-state index contributed by atoms with van der Waals surface area (Å²) in [6.45, 7) is 5.63. The number of anilines is 1. The van der Waals surface area contributed by atoms with Crippen molar-refractivity contribution in [1.29, 1.82) is 0 Å². The molecule has 3 N–H and O–H groups in total. The number of amides is 2. The minimum Gasteiger partial charge on any atom is -0.393 e. The maximum absolute atomic E-state index is 13.5. The van der Waals surface area contributed by atoms with E-state index in [0.717, 1.165) is 12.1 Å². The number of carbonyl (C=O) groups excluding carboxylic acids is 1. The molecule has 4 nitrogen and oxygen atoms in total. The van der Waals surface area contributed by atoms with Crippen molar-refractivity contribution in [1.82, 2.24) is 5.32 Å². The lowest BCUT2D eigenvalue weighted by atomic mass is 9.87. The number of nitrogens with one attached hydrogen (secondary N) is 2. The summed E-state index contributed by atoms with van der Waals surface area (Å²) in [7, 11) is 0. The summed E-state index contributed by atoms with van der Waals surface area (Å²) in [6, 6.07) is 1.10. The topological polar surface area (TPSA) is 61.4 Å². The Hall–Kier alpha value is -1.40. The molecular weight excluding hydrogens is 302 g/mol. The molecule has 1 aromatic rings. The largest absolute Gasteiger partial charge is 0.393 e. The molecule has 0 aliphatic rings. The van der Waals surface area contributed by atoms with E-state index in [2.05, 4.69) is 10.6 Å². The number of halogens is 3. The van der Waals surface area contributed by atoms with Crippen molar-refractivity contribution in [2.24, 2.45) is 5.41 Å². The van der Waals surface area contributed by atoms with Gasteiger partial charge in [-0.15, -0.1) is 0 Å². The van der Waals surface area contributed by atoms with Crippen LogP contribution in [0, 0.1) is 17.0 Å². The van der Waals surface area contributed by atoms with Gasteiger partial charge in [-0.25, -0.2) is 13.6 Å². The summed E-state index contributed by atoms with van der Waals surface area (Å²) < 4.78 is 27.0. The van der Waals surface area contributed by atoms with Crippen LogP contribution in [-0.2, 0) is 0 Å². The second-order valence-electron chi connectivity index (χ2n) is 5.77. The molecule has 0 aliphatic heterocycles. The molecule has 0 radical (unpaired) electrons. The smallest absolute Gasteiger partial charge is 0.319 e. The summed E-state index contributed by atoms with van der Waals surface area (Å²) in [6.07, 6.45) is -0.0206. The number of rotatable bonds is 5. The van der Waals surface area contributed by atoms with Crippen molar-refractivity contribution in [3.05, 3.63) is 28.8 Å². The summed E-state index contributed by atoms with van der Waals surface area (Å²) in [5.41, 5.74) is -0.895. The summed E-state index contributed by atoms with van der Waals surface area (Å²) in [4.78, 5) is 11.7. The van der Waals surface area contributed by atoms with Gasteiger partial charge in [0.25, 0.3) is 0 Å². The monoisotopic (exact) mass is 320 g/mol. The predicted molar refractivity (Wildman–Crippen MR) is 78.5 cm³/mol. The Morgan fingerprint density at radius 2 is 1.90 bits per heavy atom. The molecule has 0 saturated carbocycles. The molecule has 21 heavy (non-hydrogen) atoms. The molecule has 7 heteroatoms. The van der Waals surface area contributed by atoms with Gasteiger partial charge in [0.1, 0.15) is 5.69 Å². The van der Waals surface area contributed by atoms with Crippen molar-refractivity contribution >= 4 is 23.3 Å². The average Bonchev–Trinajstić information content (AvgIpc) is 2.29. The van der Waals surface area contributed by atoms with Gasteiger partial charge in [0, 0.05) is 11.6 Å². The van der Waals surface area contributed by atoms with E-state index < -0.39 is 29.5 Å². The third-order valence-corrected chi connectivity index (χ3v) is 3.04. The lowest BCUT2D eigenvalue weighted by Gasteiger charge is -2.26. The van der Waals surface area contributed by atoms with Crippen LogP contribution in [0.3, 0.4) is 0 Å². The highest BCUT2D eigenvalue weighted by molar-refractivity contribution is 6.30. The lowest BCUT2D eigenvalue weighted by Crippen LogP contribution is -2.38. The molecule has 0 fully saturated rings. The normalized spacial score (nSPS) is 12.9. The SMILES string of the molecule is CC(O)CC(C)(C)CNC(=O)Nc1c(F)cc(Cl)cc1F. The fourth-order valence-corrected chi connectivity index (χ4v) is 2.20. The number of benzene rings is 1. The van der Waals surface area contributed by atoms with Crippen LogP contribution in [-0.4, -0.2) is 23.8 Å². The minimum absolute atomic E-state index is 0.0889. The van der Waals surface area contributed by atoms with Gasteiger partial charge in [-0.1, -0.05) is 25.4 Å². The highest BCUT2D eigenvalue weighted by Crippen LogP contribution is 2.24. The molecule has 0 aromatic heterocycles. The Bertz CT molecular complexity index is 499. The Morgan fingerprint density at radius 3 is 2.38 bits per heavy atom. The first-order chi connectivity index (χ1) is 9.60. The Labute approximate surface area is 127 Å². The van der Waals surface area contributed by atoms with E-state index in [1.54, 1.807) is 6.92 Å². The van der Waals surface area contributed by atoms with Crippen molar-refractivity contribution in [2.75, 3.05) is 11.9 Å². The number of hydrogen-bond donors (Lipinski definition) is 3. The fourth-order valence-electron chi connectivity index (χ4n) is 2.01. The number of aliphatic hydroxyl groups excluding tert-OH is 1. The molecular formula is C14H19ClF2N2O2. The third-order valence-electron chi connectivity index (χ3n) is 2.82. The molecule has 1 atom stereocenters. The average molecular weight is 321 g/mol. The fraction of sp³-hybridized carbons (Fsp3) is 0.500. The van der Waals surface area contributed by atoms with Crippen LogP contribution in [0.25, 0.3) is 0 Å². The van der Waals surface area contributed by atoms with Gasteiger partial charge in [0.2, 0.25) is 0 Å². The van der Waals surface area contributed by atoms with Crippen molar-refractivity contribution in [2.45, 2.75) is 33.3 Å². The number of urea groups is 1. The van der Waals surface area contributed by atoms with Crippen LogP contribution >= 0.6 is 11.6 Å². The predicted octanol–water partition coefficient (Wildman–Crippen LogP) is 3.54. The van der Waals surface area contributed by atoms with Gasteiger partial charge in [0.15, 0.2) is 11.6 Å². The maximum Gasteiger partial charge on any atom is 0.319 e. The third kappa shape index (κ3) is 5.85. The zero-order valence-corrected chi connectivity index (χ0v) is 12.9. The molecule has 0 bridgehead atoms. The van der Waals surface area contributed by atoms with Crippen LogP contribution in [0.1, 0.15) is 27.2 Å². The van der Waals surface area contributed by atoms with Gasteiger partial charge in [-0.05, 0) is 30.9 Å².